The molecule has 0 saturated carbocycles. The quantitative estimate of drug-likeness (QED) is 0.170. The average Bonchev–Trinajstić information content (AvgIpc) is 2.84. The van der Waals surface area contributed by atoms with E-state index in [2.05, 4.69) is 13.8 Å². The van der Waals surface area contributed by atoms with Gasteiger partial charge < -0.3 is 17.8 Å². The maximum Gasteiger partial charge on any atom is 0.501 e. The topological polar surface area (TPSA) is 71.1 Å². The van der Waals surface area contributed by atoms with Crippen LogP contribution >= 0.6 is 0 Å². The minimum absolute atomic E-state index is 0.101. The molecule has 0 bridgehead atoms. The lowest BCUT2D eigenvalue weighted by Crippen LogP contribution is -2.17. The van der Waals surface area contributed by atoms with Crippen molar-refractivity contribution < 1.29 is 26.3 Å². The number of ether oxygens (including phenoxy) is 2. The van der Waals surface area contributed by atoms with E-state index in [9.17, 15) is 8.42 Å². The van der Waals surface area contributed by atoms with Crippen LogP contribution in [0, 0.1) is 0 Å². The minimum Gasteiger partial charge on any atom is -0.490 e. The Morgan fingerprint density at radius 2 is 0.857 bits per heavy atom. The fourth-order valence-electron chi connectivity index (χ4n) is 3.64. The molecule has 0 saturated heterocycles. The smallest absolute Gasteiger partial charge is 0.490 e. The van der Waals surface area contributed by atoms with Gasteiger partial charge >= 0.3 is 10.4 Å². The van der Waals surface area contributed by atoms with E-state index >= 15 is 0 Å². The van der Waals surface area contributed by atoms with E-state index in [0.29, 0.717) is 24.7 Å². The summed E-state index contributed by atoms with van der Waals surface area (Å²) in [5.74, 6) is 0.953. The molecule has 6 nitrogen and oxygen atoms in total. The molecule has 2 rings (SSSR count). The molecule has 0 aliphatic carbocycles. The van der Waals surface area contributed by atoms with Crippen molar-refractivity contribution in [2.24, 2.45) is 0 Å². The van der Waals surface area contributed by atoms with Crippen LogP contribution in [0.15, 0.2) is 48.5 Å². The monoisotopic (exact) mass is 506 g/mol. The Balaban J connectivity index is 1.87. The molecule has 2 aromatic rings. The Kier molecular flexibility index (Phi) is 14.1. The van der Waals surface area contributed by atoms with Crippen molar-refractivity contribution in [2.75, 3.05) is 13.2 Å². The van der Waals surface area contributed by atoms with Gasteiger partial charge in [0.1, 0.15) is 0 Å². The number of benzene rings is 2. The van der Waals surface area contributed by atoms with Crippen molar-refractivity contribution in [3.8, 4) is 23.0 Å². The summed E-state index contributed by atoms with van der Waals surface area (Å²) in [5, 5.41) is 0. The zero-order chi connectivity index (χ0) is 25.2. The summed E-state index contributed by atoms with van der Waals surface area (Å²) in [4.78, 5) is 0. The highest BCUT2D eigenvalue weighted by Crippen LogP contribution is 2.32. The van der Waals surface area contributed by atoms with Gasteiger partial charge in [0.2, 0.25) is 0 Å². The number of unbranched alkanes of at least 4 members (excludes halogenated alkanes) is 10. The lowest BCUT2D eigenvalue weighted by atomic mass is 10.1. The molecule has 0 amide bonds. The first-order chi connectivity index (χ1) is 17.1. The molecule has 0 radical (unpaired) electrons. The lowest BCUT2D eigenvalue weighted by Gasteiger charge is -2.14. The second kappa shape index (κ2) is 17.1. The fourth-order valence-corrected chi connectivity index (χ4v) is 4.39. The molecular weight excluding hydrogens is 464 g/mol. The summed E-state index contributed by atoms with van der Waals surface area (Å²) in [6, 6.07) is 13.4. The van der Waals surface area contributed by atoms with E-state index < -0.39 is 10.4 Å². The van der Waals surface area contributed by atoms with Crippen molar-refractivity contribution in [1.82, 2.24) is 0 Å². The molecule has 0 heterocycles. The first kappa shape index (κ1) is 28.8. The molecule has 0 N–H and O–H groups in total. The van der Waals surface area contributed by atoms with Crippen LogP contribution in [0.3, 0.4) is 0 Å². The maximum atomic E-state index is 12.7. The Morgan fingerprint density at radius 3 is 1.26 bits per heavy atom. The molecule has 0 fully saturated rings. The minimum atomic E-state index is -4.38. The Hall–Kier alpha value is -2.41. The summed E-state index contributed by atoms with van der Waals surface area (Å²) in [7, 11) is -4.38. The number of para-hydroxylation sites is 4. The second-order valence-corrected chi connectivity index (χ2v) is 9.85. The average molecular weight is 507 g/mol. The highest BCUT2D eigenvalue weighted by molar-refractivity contribution is 7.82. The predicted molar refractivity (Wildman–Crippen MR) is 141 cm³/mol. The molecule has 0 spiro atoms. The van der Waals surface area contributed by atoms with Crippen LogP contribution in [0.5, 0.6) is 23.0 Å². The maximum absolute atomic E-state index is 12.7. The Morgan fingerprint density at radius 1 is 0.514 bits per heavy atom. The molecule has 35 heavy (non-hydrogen) atoms. The summed E-state index contributed by atoms with van der Waals surface area (Å²) in [5.41, 5.74) is 0. The van der Waals surface area contributed by atoms with Gasteiger partial charge in [0.15, 0.2) is 23.0 Å². The van der Waals surface area contributed by atoms with Crippen LogP contribution in [-0.2, 0) is 10.4 Å². The summed E-state index contributed by atoms with van der Waals surface area (Å²) >= 11 is 0. The van der Waals surface area contributed by atoms with E-state index in [4.69, 9.17) is 17.8 Å². The van der Waals surface area contributed by atoms with Gasteiger partial charge in [-0.05, 0) is 37.1 Å². The number of hydrogen-bond acceptors (Lipinski definition) is 6. The standard InChI is InChI=1S/C28H42O6S/c1-3-5-7-9-11-17-23-31-25-19-13-15-21-27(25)33-35(29,30)34-28-22-16-14-20-26(28)32-24-18-12-10-8-6-4-2/h13-16,19-22H,3-12,17-18,23-24H2,1-2H3. The zero-order valence-corrected chi connectivity index (χ0v) is 22.2. The molecule has 196 valence electrons. The van der Waals surface area contributed by atoms with Crippen LogP contribution < -0.4 is 17.8 Å². The SMILES string of the molecule is CCCCCCCCOc1ccccc1OS(=O)(=O)Oc1ccccc1OCCCCCCCC. The summed E-state index contributed by atoms with van der Waals surface area (Å²) < 4.78 is 47.4. The van der Waals surface area contributed by atoms with Gasteiger partial charge in [-0.2, -0.15) is 0 Å². The predicted octanol–water partition coefficient (Wildman–Crippen LogP) is 7.87. The van der Waals surface area contributed by atoms with Crippen molar-refractivity contribution in [3.05, 3.63) is 48.5 Å². The lowest BCUT2D eigenvalue weighted by molar-refractivity contribution is 0.285. The van der Waals surface area contributed by atoms with Crippen LogP contribution in [0.25, 0.3) is 0 Å². The van der Waals surface area contributed by atoms with Crippen molar-refractivity contribution in [1.29, 1.82) is 0 Å². The molecule has 0 aromatic heterocycles. The molecule has 0 unspecified atom stereocenters. The fraction of sp³-hybridized carbons (Fsp3) is 0.571. The number of hydrogen-bond donors (Lipinski definition) is 0. The van der Waals surface area contributed by atoms with Crippen molar-refractivity contribution >= 4 is 10.4 Å². The van der Waals surface area contributed by atoms with Gasteiger partial charge in [-0.1, -0.05) is 102 Å². The van der Waals surface area contributed by atoms with Crippen molar-refractivity contribution in [3.63, 3.8) is 0 Å². The molecular formula is C28H42O6S. The van der Waals surface area contributed by atoms with Crippen LogP contribution in [0.1, 0.15) is 90.9 Å². The van der Waals surface area contributed by atoms with Gasteiger partial charge in [0.05, 0.1) is 13.2 Å². The van der Waals surface area contributed by atoms with Crippen LogP contribution in [0.4, 0.5) is 0 Å². The van der Waals surface area contributed by atoms with Gasteiger partial charge in [0.25, 0.3) is 0 Å². The molecule has 0 aliphatic heterocycles. The normalized spacial score (nSPS) is 11.3. The van der Waals surface area contributed by atoms with Gasteiger partial charge in [-0.25, -0.2) is 0 Å². The number of rotatable bonds is 20. The Labute approximate surface area is 212 Å². The third-order valence-electron chi connectivity index (χ3n) is 5.59. The molecule has 2 aromatic carbocycles. The van der Waals surface area contributed by atoms with E-state index in [0.717, 1.165) is 25.7 Å². The highest BCUT2D eigenvalue weighted by atomic mass is 32.3. The van der Waals surface area contributed by atoms with E-state index in [-0.39, 0.29) is 11.5 Å². The van der Waals surface area contributed by atoms with Gasteiger partial charge in [0, 0.05) is 0 Å². The molecule has 7 heteroatoms. The third-order valence-corrected chi connectivity index (χ3v) is 6.36. The van der Waals surface area contributed by atoms with Gasteiger partial charge in [-0.3, -0.25) is 0 Å². The first-order valence-electron chi connectivity index (χ1n) is 13.1. The first-order valence-corrected chi connectivity index (χ1v) is 14.5. The second-order valence-electron chi connectivity index (χ2n) is 8.70. The molecule has 0 aliphatic rings. The van der Waals surface area contributed by atoms with Crippen LogP contribution in [-0.4, -0.2) is 21.6 Å². The largest absolute Gasteiger partial charge is 0.501 e. The highest BCUT2D eigenvalue weighted by Gasteiger charge is 2.21. The van der Waals surface area contributed by atoms with E-state index in [1.165, 1.54) is 51.4 Å². The third kappa shape index (κ3) is 12.2. The molecule has 0 atom stereocenters. The van der Waals surface area contributed by atoms with E-state index in [1.807, 2.05) is 0 Å². The van der Waals surface area contributed by atoms with Crippen molar-refractivity contribution in [2.45, 2.75) is 90.9 Å². The zero-order valence-electron chi connectivity index (χ0n) is 21.4. The van der Waals surface area contributed by atoms with E-state index in [1.54, 1.807) is 48.5 Å². The summed E-state index contributed by atoms with van der Waals surface area (Å²) in [6.07, 6.45) is 13.7. The van der Waals surface area contributed by atoms with Gasteiger partial charge in [-0.15, -0.1) is 8.42 Å². The summed E-state index contributed by atoms with van der Waals surface area (Å²) in [6.45, 7) is 5.39. The Bertz CT molecular complexity index is 859. The van der Waals surface area contributed by atoms with Crippen LogP contribution in [0.2, 0.25) is 0 Å².